The van der Waals surface area contributed by atoms with E-state index in [2.05, 4.69) is 9.88 Å². The summed E-state index contributed by atoms with van der Waals surface area (Å²) >= 11 is 0. The van der Waals surface area contributed by atoms with Crippen molar-refractivity contribution in [1.82, 2.24) is 9.88 Å². The number of nitrogens with two attached hydrogens (primary N) is 1. The molecular weight excluding hydrogens is 229 g/mol. The zero-order chi connectivity index (χ0) is 12.5. The van der Waals surface area contributed by atoms with Crippen molar-refractivity contribution in [1.29, 1.82) is 0 Å². The molecule has 1 fully saturated rings. The van der Waals surface area contributed by atoms with Gasteiger partial charge in [0.15, 0.2) is 0 Å². The van der Waals surface area contributed by atoms with Crippen molar-refractivity contribution < 1.29 is 4.39 Å². The molecule has 1 saturated heterocycles. The molecule has 0 amide bonds. The molecule has 2 N–H and O–H groups in total. The average molecular weight is 245 g/mol. The van der Waals surface area contributed by atoms with Crippen LogP contribution in [0.3, 0.4) is 0 Å². The van der Waals surface area contributed by atoms with E-state index in [1.54, 1.807) is 12.3 Å². The molecule has 3 nitrogen and oxygen atoms in total. The molecular formula is C14H16FN3. The van der Waals surface area contributed by atoms with Crippen LogP contribution in [0.15, 0.2) is 30.5 Å². The van der Waals surface area contributed by atoms with E-state index in [0.717, 1.165) is 42.5 Å². The number of hydrogen-bond acceptors (Lipinski definition) is 3. The Morgan fingerprint density at radius 2 is 2.33 bits per heavy atom. The highest BCUT2D eigenvalue weighted by atomic mass is 19.1. The topological polar surface area (TPSA) is 42.1 Å². The number of fused-ring (bicyclic) bond motifs is 1. The fourth-order valence-electron chi connectivity index (χ4n) is 2.60. The third kappa shape index (κ3) is 2.21. The maximum atomic E-state index is 13.6. The smallest absolute Gasteiger partial charge is 0.124 e. The minimum absolute atomic E-state index is 0.200. The summed E-state index contributed by atoms with van der Waals surface area (Å²) in [5.41, 5.74) is 7.72. The molecule has 1 aliphatic rings. The molecule has 94 valence electrons. The lowest BCUT2D eigenvalue weighted by Gasteiger charge is -2.16. The summed E-state index contributed by atoms with van der Waals surface area (Å²) in [6.07, 6.45) is 2.76. The molecule has 0 aliphatic carbocycles. The highest BCUT2D eigenvalue weighted by Crippen LogP contribution is 2.21. The predicted molar refractivity (Wildman–Crippen MR) is 69.6 cm³/mol. The fourth-order valence-corrected chi connectivity index (χ4v) is 2.60. The second-order valence-corrected chi connectivity index (χ2v) is 4.92. The highest BCUT2D eigenvalue weighted by molar-refractivity contribution is 5.81. The van der Waals surface area contributed by atoms with Crippen molar-refractivity contribution in [2.24, 2.45) is 5.73 Å². The Labute approximate surface area is 105 Å². The van der Waals surface area contributed by atoms with Gasteiger partial charge in [-0.05, 0) is 30.2 Å². The second kappa shape index (κ2) is 4.63. The van der Waals surface area contributed by atoms with Crippen LogP contribution in [-0.2, 0) is 6.54 Å². The number of rotatable bonds is 2. The summed E-state index contributed by atoms with van der Waals surface area (Å²) in [5.74, 6) is -0.200. The maximum absolute atomic E-state index is 13.6. The zero-order valence-corrected chi connectivity index (χ0v) is 10.1. The van der Waals surface area contributed by atoms with Crippen molar-refractivity contribution in [2.45, 2.75) is 19.0 Å². The van der Waals surface area contributed by atoms with E-state index < -0.39 is 0 Å². The monoisotopic (exact) mass is 245 g/mol. The van der Waals surface area contributed by atoms with E-state index in [0.29, 0.717) is 0 Å². The van der Waals surface area contributed by atoms with Crippen LogP contribution in [0, 0.1) is 5.82 Å². The molecule has 2 aromatic rings. The van der Waals surface area contributed by atoms with E-state index in [9.17, 15) is 4.39 Å². The van der Waals surface area contributed by atoms with E-state index in [-0.39, 0.29) is 11.9 Å². The Morgan fingerprint density at radius 1 is 1.44 bits per heavy atom. The number of pyridine rings is 1. The van der Waals surface area contributed by atoms with E-state index in [1.165, 1.54) is 6.07 Å². The number of hydrogen-bond donors (Lipinski definition) is 1. The standard InChI is InChI=1S/C14H16FN3/c15-12-6-10-2-1-4-17-14(10)11(7-12)8-18-5-3-13(16)9-18/h1-2,4,6-7,13H,3,5,8-9,16H2/t13-/m1/s1. The second-order valence-electron chi connectivity index (χ2n) is 4.92. The van der Waals surface area contributed by atoms with Gasteiger partial charge in [-0.1, -0.05) is 6.07 Å². The first-order valence-electron chi connectivity index (χ1n) is 6.23. The molecule has 1 aromatic heterocycles. The SMILES string of the molecule is N[C@@H]1CCN(Cc2cc(F)cc3cccnc23)C1. The first kappa shape index (κ1) is 11.6. The summed E-state index contributed by atoms with van der Waals surface area (Å²) in [7, 11) is 0. The van der Waals surface area contributed by atoms with Crippen molar-refractivity contribution >= 4 is 10.9 Å². The van der Waals surface area contributed by atoms with Gasteiger partial charge in [0, 0.05) is 37.3 Å². The van der Waals surface area contributed by atoms with E-state index in [1.807, 2.05) is 12.1 Å². The van der Waals surface area contributed by atoms with Gasteiger partial charge in [-0.3, -0.25) is 9.88 Å². The zero-order valence-electron chi connectivity index (χ0n) is 10.1. The lowest BCUT2D eigenvalue weighted by molar-refractivity contribution is 0.327. The van der Waals surface area contributed by atoms with Crippen LogP contribution >= 0.6 is 0 Å². The van der Waals surface area contributed by atoms with E-state index in [4.69, 9.17) is 5.73 Å². The molecule has 0 saturated carbocycles. The van der Waals surface area contributed by atoms with Crippen LogP contribution in [0.2, 0.25) is 0 Å². The van der Waals surface area contributed by atoms with Crippen LogP contribution in [0.1, 0.15) is 12.0 Å². The largest absolute Gasteiger partial charge is 0.326 e. The molecule has 0 unspecified atom stereocenters. The minimum Gasteiger partial charge on any atom is -0.326 e. The van der Waals surface area contributed by atoms with Gasteiger partial charge in [0.05, 0.1) is 5.52 Å². The minimum atomic E-state index is -0.200. The number of halogens is 1. The number of benzene rings is 1. The Hall–Kier alpha value is -1.52. The van der Waals surface area contributed by atoms with Crippen molar-refractivity contribution in [3.05, 3.63) is 41.8 Å². The van der Waals surface area contributed by atoms with Crippen molar-refractivity contribution in [3.8, 4) is 0 Å². The van der Waals surface area contributed by atoms with Gasteiger partial charge in [0.1, 0.15) is 5.82 Å². The van der Waals surface area contributed by atoms with E-state index >= 15 is 0 Å². The summed E-state index contributed by atoms with van der Waals surface area (Å²) in [5, 5.41) is 0.857. The van der Waals surface area contributed by atoms with Gasteiger partial charge < -0.3 is 5.73 Å². The van der Waals surface area contributed by atoms with Crippen molar-refractivity contribution in [2.75, 3.05) is 13.1 Å². The number of nitrogens with zero attached hydrogens (tertiary/aromatic N) is 2. The summed E-state index contributed by atoms with van der Waals surface area (Å²) in [6.45, 7) is 2.58. The van der Waals surface area contributed by atoms with Crippen LogP contribution < -0.4 is 5.73 Å². The quantitative estimate of drug-likeness (QED) is 0.878. The predicted octanol–water partition coefficient (Wildman–Crippen LogP) is 1.91. The first-order valence-corrected chi connectivity index (χ1v) is 6.23. The molecule has 1 aliphatic heterocycles. The number of likely N-dealkylation sites (tertiary alicyclic amines) is 1. The molecule has 0 bridgehead atoms. The molecule has 3 rings (SSSR count). The Bertz CT molecular complexity index is 570. The van der Waals surface area contributed by atoms with Crippen LogP contribution in [0.4, 0.5) is 4.39 Å². The van der Waals surface area contributed by atoms with Gasteiger partial charge in [-0.15, -0.1) is 0 Å². The Morgan fingerprint density at radius 3 is 3.11 bits per heavy atom. The molecule has 0 spiro atoms. The van der Waals surface area contributed by atoms with Crippen LogP contribution in [0.25, 0.3) is 10.9 Å². The summed E-state index contributed by atoms with van der Waals surface area (Å²) in [6, 6.07) is 7.08. The molecule has 1 aromatic carbocycles. The summed E-state index contributed by atoms with van der Waals surface area (Å²) < 4.78 is 13.6. The first-order chi connectivity index (χ1) is 8.72. The lowest BCUT2D eigenvalue weighted by atomic mass is 10.1. The Balaban J connectivity index is 1.95. The Kier molecular flexibility index (Phi) is 2.97. The molecule has 4 heteroatoms. The van der Waals surface area contributed by atoms with Crippen LogP contribution in [0.5, 0.6) is 0 Å². The van der Waals surface area contributed by atoms with Gasteiger partial charge in [0.2, 0.25) is 0 Å². The third-order valence-corrected chi connectivity index (χ3v) is 3.45. The van der Waals surface area contributed by atoms with Gasteiger partial charge in [0.25, 0.3) is 0 Å². The molecule has 1 atom stereocenters. The summed E-state index contributed by atoms with van der Waals surface area (Å²) in [4.78, 5) is 6.62. The molecule has 18 heavy (non-hydrogen) atoms. The molecule has 2 heterocycles. The normalized spacial score (nSPS) is 20.7. The van der Waals surface area contributed by atoms with Crippen molar-refractivity contribution in [3.63, 3.8) is 0 Å². The maximum Gasteiger partial charge on any atom is 0.124 e. The lowest BCUT2D eigenvalue weighted by Crippen LogP contribution is -2.26. The fraction of sp³-hybridized carbons (Fsp3) is 0.357. The molecule has 0 radical (unpaired) electrons. The van der Waals surface area contributed by atoms with Gasteiger partial charge in [-0.2, -0.15) is 0 Å². The van der Waals surface area contributed by atoms with Gasteiger partial charge >= 0.3 is 0 Å². The average Bonchev–Trinajstić information content (AvgIpc) is 2.74. The number of aromatic nitrogens is 1. The highest BCUT2D eigenvalue weighted by Gasteiger charge is 2.20. The van der Waals surface area contributed by atoms with Crippen LogP contribution in [-0.4, -0.2) is 29.0 Å². The van der Waals surface area contributed by atoms with Gasteiger partial charge in [-0.25, -0.2) is 4.39 Å². The third-order valence-electron chi connectivity index (χ3n) is 3.45.